The molecule has 3 rings (SSSR count). The van der Waals surface area contributed by atoms with Gasteiger partial charge < -0.3 is 19.9 Å². The van der Waals surface area contributed by atoms with Crippen LogP contribution in [0.15, 0.2) is 0 Å². The van der Waals surface area contributed by atoms with Gasteiger partial charge in [0.25, 0.3) is 0 Å². The smallest absolute Gasteiger partial charge is 0.0939 e. The Balaban J connectivity index is 1.67. The second kappa shape index (κ2) is 5.32. The van der Waals surface area contributed by atoms with Crippen LogP contribution in [0.5, 0.6) is 0 Å². The summed E-state index contributed by atoms with van der Waals surface area (Å²) in [6, 6.07) is 0.120. The van der Waals surface area contributed by atoms with E-state index in [-0.39, 0.29) is 17.2 Å². The van der Waals surface area contributed by atoms with Crippen LogP contribution in [-0.2, 0) is 14.2 Å². The molecule has 4 heteroatoms. The second-order valence-corrected chi connectivity index (χ2v) is 6.73. The predicted molar refractivity (Wildman–Crippen MR) is 73.0 cm³/mol. The molecular weight excluding hydrogens is 242 g/mol. The first-order valence-corrected chi connectivity index (χ1v) is 7.75. The summed E-state index contributed by atoms with van der Waals surface area (Å²) in [7, 11) is 0. The van der Waals surface area contributed by atoms with Crippen molar-refractivity contribution in [2.45, 2.75) is 62.7 Å². The van der Waals surface area contributed by atoms with Crippen LogP contribution in [0.4, 0.5) is 0 Å². The largest absolute Gasteiger partial charge is 0.378 e. The van der Waals surface area contributed by atoms with Crippen molar-refractivity contribution >= 4 is 0 Å². The molecule has 0 aromatic rings. The third-order valence-corrected chi connectivity index (χ3v) is 5.31. The molecule has 3 heterocycles. The fourth-order valence-electron chi connectivity index (χ4n) is 3.95. The van der Waals surface area contributed by atoms with Gasteiger partial charge in [-0.15, -0.1) is 0 Å². The summed E-state index contributed by atoms with van der Waals surface area (Å²) in [5, 5.41) is 0. The molecule has 3 fully saturated rings. The quantitative estimate of drug-likeness (QED) is 0.831. The zero-order valence-electron chi connectivity index (χ0n) is 12.0. The Morgan fingerprint density at radius 3 is 2.68 bits per heavy atom. The van der Waals surface area contributed by atoms with Gasteiger partial charge >= 0.3 is 0 Å². The summed E-state index contributed by atoms with van der Waals surface area (Å²) >= 11 is 0. The van der Waals surface area contributed by atoms with Crippen molar-refractivity contribution in [1.29, 1.82) is 0 Å². The van der Waals surface area contributed by atoms with E-state index in [0.717, 1.165) is 52.1 Å². The number of hydrogen-bond donors (Lipinski definition) is 1. The van der Waals surface area contributed by atoms with Crippen LogP contribution in [0.1, 0.15) is 45.4 Å². The maximum Gasteiger partial charge on any atom is 0.0939 e. The van der Waals surface area contributed by atoms with Crippen LogP contribution in [-0.4, -0.2) is 43.7 Å². The first-order chi connectivity index (χ1) is 9.14. The van der Waals surface area contributed by atoms with Gasteiger partial charge in [0.15, 0.2) is 0 Å². The van der Waals surface area contributed by atoms with Crippen LogP contribution in [0.25, 0.3) is 0 Å². The molecule has 4 unspecified atom stereocenters. The average Bonchev–Trinajstić information content (AvgIpc) is 2.87. The SMILES string of the molecule is CC1(C(N)C2CCOC3(CCOC3)C2)CCCCO1. The molecule has 0 aromatic carbocycles. The molecule has 3 aliphatic heterocycles. The van der Waals surface area contributed by atoms with E-state index in [0.29, 0.717) is 5.92 Å². The standard InChI is InChI=1S/C15H27NO3/c1-14(5-2-3-7-18-14)13(16)12-4-8-19-15(10-12)6-9-17-11-15/h12-13H,2-11,16H2,1H3. The zero-order chi connectivity index (χ0) is 13.3. The lowest BCUT2D eigenvalue weighted by molar-refractivity contribution is -0.134. The van der Waals surface area contributed by atoms with Crippen molar-refractivity contribution < 1.29 is 14.2 Å². The predicted octanol–water partition coefficient (Wildman–Crippen LogP) is 1.86. The van der Waals surface area contributed by atoms with Crippen molar-refractivity contribution in [2.24, 2.45) is 11.7 Å². The highest BCUT2D eigenvalue weighted by Gasteiger charge is 2.46. The number of ether oxygens (including phenoxy) is 3. The molecule has 19 heavy (non-hydrogen) atoms. The minimum absolute atomic E-state index is 0.0500. The normalized spacial score (nSPS) is 45.5. The third kappa shape index (κ3) is 2.68. The van der Waals surface area contributed by atoms with Crippen LogP contribution < -0.4 is 5.73 Å². The minimum atomic E-state index is -0.138. The Morgan fingerprint density at radius 2 is 2.00 bits per heavy atom. The number of nitrogens with two attached hydrogens (primary N) is 1. The van der Waals surface area contributed by atoms with Gasteiger partial charge in [-0.05, 0) is 44.9 Å². The number of rotatable bonds is 2. The molecule has 0 saturated carbocycles. The van der Waals surface area contributed by atoms with Gasteiger partial charge in [0.2, 0.25) is 0 Å². The Bertz CT molecular complexity index is 309. The molecule has 0 aliphatic carbocycles. The Kier molecular flexibility index (Phi) is 3.87. The molecule has 0 aromatic heterocycles. The maximum atomic E-state index is 6.59. The Labute approximate surface area is 116 Å². The minimum Gasteiger partial charge on any atom is -0.378 e. The highest BCUT2D eigenvalue weighted by atomic mass is 16.6. The van der Waals surface area contributed by atoms with Gasteiger partial charge in [-0.1, -0.05) is 0 Å². The topological polar surface area (TPSA) is 53.7 Å². The monoisotopic (exact) mass is 269 g/mol. The van der Waals surface area contributed by atoms with Crippen molar-refractivity contribution in [3.05, 3.63) is 0 Å². The summed E-state index contributed by atoms with van der Waals surface area (Å²) in [5.74, 6) is 0.499. The zero-order valence-corrected chi connectivity index (χ0v) is 12.0. The Morgan fingerprint density at radius 1 is 1.11 bits per heavy atom. The molecule has 1 spiro atoms. The van der Waals surface area contributed by atoms with E-state index in [9.17, 15) is 0 Å². The van der Waals surface area contributed by atoms with Crippen molar-refractivity contribution in [1.82, 2.24) is 0 Å². The van der Waals surface area contributed by atoms with Crippen LogP contribution >= 0.6 is 0 Å². The van der Waals surface area contributed by atoms with E-state index >= 15 is 0 Å². The summed E-state index contributed by atoms with van der Waals surface area (Å²) in [6.45, 7) is 5.45. The van der Waals surface area contributed by atoms with Crippen molar-refractivity contribution in [3.63, 3.8) is 0 Å². The van der Waals surface area contributed by atoms with Gasteiger partial charge in [-0.25, -0.2) is 0 Å². The van der Waals surface area contributed by atoms with Gasteiger partial charge in [-0.3, -0.25) is 0 Å². The first kappa shape index (κ1) is 13.8. The summed E-state index contributed by atoms with van der Waals surface area (Å²) in [5.41, 5.74) is 6.40. The van der Waals surface area contributed by atoms with E-state index in [4.69, 9.17) is 19.9 Å². The lowest BCUT2D eigenvalue weighted by atomic mass is 9.74. The van der Waals surface area contributed by atoms with E-state index < -0.39 is 0 Å². The fraction of sp³-hybridized carbons (Fsp3) is 1.00. The van der Waals surface area contributed by atoms with E-state index in [1.807, 2.05) is 0 Å². The van der Waals surface area contributed by atoms with Crippen molar-refractivity contribution in [2.75, 3.05) is 26.4 Å². The lowest BCUT2D eigenvalue weighted by Crippen LogP contribution is -2.56. The highest BCUT2D eigenvalue weighted by Crippen LogP contribution is 2.40. The summed E-state index contributed by atoms with van der Waals surface area (Å²) in [6.07, 6.45) is 6.62. The molecule has 0 amide bonds. The molecule has 110 valence electrons. The van der Waals surface area contributed by atoms with E-state index in [1.165, 1.54) is 12.8 Å². The highest BCUT2D eigenvalue weighted by molar-refractivity contribution is 4.99. The average molecular weight is 269 g/mol. The van der Waals surface area contributed by atoms with Gasteiger partial charge in [0.05, 0.1) is 17.8 Å². The van der Waals surface area contributed by atoms with E-state index in [1.54, 1.807) is 0 Å². The molecule has 3 saturated heterocycles. The van der Waals surface area contributed by atoms with E-state index in [2.05, 4.69) is 6.92 Å². The second-order valence-electron chi connectivity index (χ2n) is 6.73. The van der Waals surface area contributed by atoms with Crippen LogP contribution in [0.3, 0.4) is 0 Å². The molecule has 4 nitrogen and oxygen atoms in total. The van der Waals surface area contributed by atoms with Crippen LogP contribution in [0, 0.1) is 5.92 Å². The van der Waals surface area contributed by atoms with Gasteiger partial charge in [0, 0.05) is 32.3 Å². The first-order valence-electron chi connectivity index (χ1n) is 7.75. The van der Waals surface area contributed by atoms with Crippen molar-refractivity contribution in [3.8, 4) is 0 Å². The molecule has 0 radical (unpaired) electrons. The fourth-order valence-corrected chi connectivity index (χ4v) is 3.95. The van der Waals surface area contributed by atoms with Crippen LogP contribution in [0.2, 0.25) is 0 Å². The van der Waals surface area contributed by atoms with Gasteiger partial charge in [-0.2, -0.15) is 0 Å². The third-order valence-electron chi connectivity index (χ3n) is 5.31. The lowest BCUT2D eigenvalue weighted by Gasteiger charge is -2.46. The molecule has 4 atom stereocenters. The molecule has 0 bridgehead atoms. The van der Waals surface area contributed by atoms with Gasteiger partial charge in [0.1, 0.15) is 0 Å². The summed E-state index contributed by atoms with van der Waals surface area (Å²) in [4.78, 5) is 0. The molecule has 3 aliphatic rings. The molecular formula is C15H27NO3. The maximum absolute atomic E-state index is 6.59. The number of hydrogen-bond acceptors (Lipinski definition) is 4. The summed E-state index contributed by atoms with van der Waals surface area (Å²) < 4.78 is 17.6. The Hall–Kier alpha value is -0.160. The molecule has 2 N–H and O–H groups in total.